The van der Waals surface area contributed by atoms with E-state index in [1.807, 2.05) is 13.8 Å². The number of carboxylic acid groups (broad SMARTS) is 2. The molecule has 1 heterocycles. The third-order valence-corrected chi connectivity index (χ3v) is 2.71. The van der Waals surface area contributed by atoms with Crippen LogP contribution < -0.4 is 10.6 Å². The van der Waals surface area contributed by atoms with Crippen LogP contribution in [-0.4, -0.2) is 47.8 Å². The number of nitrogens with one attached hydrogen (secondary N) is 2. The lowest BCUT2D eigenvalue weighted by atomic mass is 10.0. The van der Waals surface area contributed by atoms with Gasteiger partial charge in [-0.25, -0.2) is 0 Å². The van der Waals surface area contributed by atoms with Crippen molar-refractivity contribution in [2.45, 2.75) is 45.2 Å². The van der Waals surface area contributed by atoms with Crippen LogP contribution in [0.3, 0.4) is 0 Å². The molecule has 1 unspecified atom stereocenters. The lowest BCUT2D eigenvalue weighted by Gasteiger charge is -2.12. The Kier molecular flexibility index (Phi) is 8.32. The van der Waals surface area contributed by atoms with Gasteiger partial charge in [0.25, 0.3) is 0 Å². The Bertz CT molecular complexity index is 263. The summed E-state index contributed by atoms with van der Waals surface area (Å²) in [7, 11) is 1.67. The largest absolute Gasteiger partial charge is 0.480 e. The second-order valence-electron chi connectivity index (χ2n) is 4.80. The molecule has 1 saturated heterocycles. The average molecular weight is 260 g/mol. The molecule has 4 N–H and O–H groups in total. The van der Waals surface area contributed by atoms with Crippen molar-refractivity contribution in [1.29, 1.82) is 0 Å². The molecule has 0 aromatic carbocycles. The Morgan fingerprint density at radius 2 is 2.00 bits per heavy atom. The van der Waals surface area contributed by atoms with Crippen LogP contribution in [0.2, 0.25) is 0 Å². The fraction of sp³-hybridized carbons (Fsp3) is 0.833. The number of aliphatic carboxylic acids is 2. The molecule has 18 heavy (non-hydrogen) atoms. The lowest BCUT2D eigenvalue weighted by molar-refractivity contribution is -0.140. The second-order valence-corrected chi connectivity index (χ2v) is 4.80. The van der Waals surface area contributed by atoms with Gasteiger partial charge in [0, 0.05) is 0 Å². The topological polar surface area (TPSA) is 98.7 Å². The number of carbonyl (C=O) groups is 2. The number of likely N-dealkylation sites (N-methyl/N-ethyl adjacent to an activating group) is 1. The van der Waals surface area contributed by atoms with Crippen molar-refractivity contribution >= 4 is 11.9 Å². The fourth-order valence-electron chi connectivity index (χ4n) is 1.71. The normalized spacial score (nSPS) is 20.1. The quantitative estimate of drug-likeness (QED) is 0.575. The van der Waals surface area contributed by atoms with Crippen LogP contribution in [-0.2, 0) is 9.59 Å². The van der Waals surface area contributed by atoms with E-state index < -0.39 is 11.9 Å². The highest BCUT2D eigenvalue weighted by molar-refractivity contribution is 5.73. The van der Waals surface area contributed by atoms with Crippen molar-refractivity contribution in [2.24, 2.45) is 5.92 Å². The van der Waals surface area contributed by atoms with E-state index in [0.29, 0.717) is 12.3 Å². The molecule has 1 fully saturated rings. The van der Waals surface area contributed by atoms with E-state index >= 15 is 0 Å². The SMILES string of the molecule is CNC(CC(C)C)C(=O)O.O=C(O)[C@@H]1CCCN1. The highest BCUT2D eigenvalue weighted by Gasteiger charge is 2.20. The Labute approximate surface area is 108 Å². The molecule has 0 saturated carbocycles. The molecule has 1 rings (SSSR count). The predicted molar refractivity (Wildman–Crippen MR) is 68.6 cm³/mol. The molecule has 0 bridgehead atoms. The van der Waals surface area contributed by atoms with Gasteiger partial charge in [-0.15, -0.1) is 0 Å². The molecular formula is C12H24N2O4. The van der Waals surface area contributed by atoms with Gasteiger partial charge in [-0.05, 0) is 38.8 Å². The molecule has 106 valence electrons. The summed E-state index contributed by atoms with van der Waals surface area (Å²) in [6, 6.07) is -0.657. The molecular weight excluding hydrogens is 236 g/mol. The smallest absolute Gasteiger partial charge is 0.320 e. The number of hydrogen-bond donors (Lipinski definition) is 4. The van der Waals surface area contributed by atoms with E-state index in [1.165, 1.54) is 0 Å². The third-order valence-electron chi connectivity index (χ3n) is 2.71. The minimum atomic E-state index is -0.767. The van der Waals surface area contributed by atoms with Crippen molar-refractivity contribution in [3.63, 3.8) is 0 Å². The molecule has 0 radical (unpaired) electrons. The molecule has 6 heteroatoms. The maximum atomic E-state index is 10.4. The summed E-state index contributed by atoms with van der Waals surface area (Å²) in [5.74, 6) is -1.06. The minimum Gasteiger partial charge on any atom is -0.480 e. The number of hydrogen-bond acceptors (Lipinski definition) is 4. The van der Waals surface area contributed by atoms with Crippen molar-refractivity contribution < 1.29 is 19.8 Å². The van der Waals surface area contributed by atoms with Gasteiger partial charge in [-0.2, -0.15) is 0 Å². The highest BCUT2D eigenvalue weighted by atomic mass is 16.4. The van der Waals surface area contributed by atoms with E-state index in [1.54, 1.807) is 7.05 Å². The molecule has 0 spiro atoms. The van der Waals surface area contributed by atoms with Crippen molar-refractivity contribution in [2.75, 3.05) is 13.6 Å². The van der Waals surface area contributed by atoms with Crippen molar-refractivity contribution in [3.05, 3.63) is 0 Å². The molecule has 0 aromatic rings. The molecule has 0 aromatic heterocycles. The summed E-state index contributed by atoms with van der Waals surface area (Å²) in [6.07, 6.45) is 2.47. The van der Waals surface area contributed by atoms with E-state index in [2.05, 4.69) is 10.6 Å². The zero-order valence-electron chi connectivity index (χ0n) is 11.3. The van der Waals surface area contributed by atoms with Crippen LogP contribution in [0.15, 0.2) is 0 Å². The van der Waals surface area contributed by atoms with Crippen LogP contribution in [0.25, 0.3) is 0 Å². The second kappa shape index (κ2) is 8.88. The standard InChI is InChI=1S/C7H15NO2.C5H9NO2/c1-5(2)4-6(8-3)7(9)10;7-5(8)4-2-1-3-6-4/h5-6,8H,4H2,1-3H3,(H,9,10);4,6H,1-3H2,(H,7,8)/t;4-/m.0/s1. The monoisotopic (exact) mass is 260 g/mol. The maximum Gasteiger partial charge on any atom is 0.320 e. The van der Waals surface area contributed by atoms with Gasteiger partial charge < -0.3 is 20.8 Å². The Balaban J connectivity index is 0.000000327. The first-order chi connectivity index (χ1) is 8.38. The third kappa shape index (κ3) is 7.24. The molecule has 1 aliphatic rings. The molecule has 1 aliphatic heterocycles. The average Bonchev–Trinajstić information content (AvgIpc) is 2.79. The molecule has 0 aliphatic carbocycles. The number of carboxylic acids is 2. The maximum absolute atomic E-state index is 10.4. The molecule has 6 nitrogen and oxygen atoms in total. The first kappa shape index (κ1) is 16.9. The molecule has 0 amide bonds. The van der Waals surface area contributed by atoms with E-state index in [9.17, 15) is 9.59 Å². The summed E-state index contributed by atoms with van der Waals surface area (Å²) in [6.45, 7) is 4.87. The highest BCUT2D eigenvalue weighted by Crippen LogP contribution is 2.04. The fourth-order valence-corrected chi connectivity index (χ4v) is 1.71. The van der Waals surface area contributed by atoms with E-state index in [-0.39, 0.29) is 12.1 Å². The van der Waals surface area contributed by atoms with Crippen LogP contribution >= 0.6 is 0 Å². The summed E-state index contributed by atoms with van der Waals surface area (Å²) in [4.78, 5) is 20.5. The summed E-state index contributed by atoms with van der Waals surface area (Å²) in [5, 5.41) is 22.5. The van der Waals surface area contributed by atoms with Crippen molar-refractivity contribution in [1.82, 2.24) is 10.6 Å². The van der Waals surface area contributed by atoms with Crippen LogP contribution in [0.5, 0.6) is 0 Å². The van der Waals surface area contributed by atoms with Gasteiger partial charge >= 0.3 is 11.9 Å². The van der Waals surface area contributed by atoms with Crippen LogP contribution in [0.1, 0.15) is 33.1 Å². The zero-order chi connectivity index (χ0) is 14.1. The van der Waals surface area contributed by atoms with Gasteiger partial charge in [-0.1, -0.05) is 13.8 Å². The van der Waals surface area contributed by atoms with Gasteiger partial charge in [0.1, 0.15) is 12.1 Å². The lowest BCUT2D eigenvalue weighted by Crippen LogP contribution is -2.34. The Morgan fingerprint density at radius 3 is 2.17 bits per heavy atom. The van der Waals surface area contributed by atoms with Gasteiger partial charge in [0.2, 0.25) is 0 Å². The number of rotatable bonds is 5. The van der Waals surface area contributed by atoms with Gasteiger partial charge in [0.15, 0.2) is 0 Å². The first-order valence-electron chi connectivity index (χ1n) is 6.24. The van der Waals surface area contributed by atoms with E-state index in [0.717, 1.165) is 19.4 Å². The minimum absolute atomic E-state index is 0.269. The van der Waals surface area contributed by atoms with Gasteiger partial charge in [-0.3, -0.25) is 9.59 Å². The Hall–Kier alpha value is -1.14. The predicted octanol–water partition coefficient (Wildman–Crippen LogP) is 0.528. The Morgan fingerprint density at radius 1 is 1.39 bits per heavy atom. The van der Waals surface area contributed by atoms with Crippen LogP contribution in [0, 0.1) is 5.92 Å². The summed E-state index contributed by atoms with van der Waals surface area (Å²) >= 11 is 0. The van der Waals surface area contributed by atoms with Crippen LogP contribution in [0.4, 0.5) is 0 Å². The van der Waals surface area contributed by atoms with Crippen molar-refractivity contribution in [3.8, 4) is 0 Å². The first-order valence-corrected chi connectivity index (χ1v) is 6.24. The van der Waals surface area contributed by atoms with E-state index in [4.69, 9.17) is 10.2 Å². The van der Waals surface area contributed by atoms with Gasteiger partial charge in [0.05, 0.1) is 0 Å². The molecule has 2 atom stereocenters. The summed E-state index contributed by atoms with van der Waals surface area (Å²) < 4.78 is 0. The summed E-state index contributed by atoms with van der Waals surface area (Å²) in [5.41, 5.74) is 0. The zero-order valence-corrected chi connectivity index (χ0v) is 11.3.